The van der Waals surface area contributed by atoms with Crippen LogP contribution in [0.1, 0.15) is 36.9 Å². The van der Waals surface area contributed by atoms with Crippen LogP contribution in [0, 0.1) is 5.82 Å². The summed E-state index contributed by atoms with van der Waals surface area (Å²) in [7, 11) is 1.42. The van der Waals surface area contributed by atoms with E-state index in [-0.39, 0.29) is 29.4 Å². The van der Waals surface area contributed by atoms with Crippen LogP contribution in [-0.4, -0.2) is 58.9 Å². The molecule has 2 unspecified atom stereocenters. The van der Waals surface area contributed by atoms with Crippen LogP contribution in [0.15, 0.2) is 67.2 Å². The van der Waals surface area contributed by atoms with Crippen molar-refractivity contribution in [3.8, 4) is 17.2 Å². The number of allylic oxidation sites excluding steroid dienone is 3. The molecule has 39 heavy (non-hydrogen) atoms. The lowest BCUT2D eigenvalue weighted by Crippen LogP contribution is -2.40. The molecule has 204 valence electrons. The molecule has 2 N–H and O–H groups in total. The van der Waals surface area contributed by atoms with Gasteiger partial charge in [-0.2, -0.15) is 9.49 Å². The van der Waals surface area contributed by atoms with E-state index in [1.54, 1.807) is 35.5 Å². The van der Waals surface area contributed by atoms with E-state index in [1.807, 2.05) is 22.9 Å². The molecule has 1 saturated heterocycles. The number of aromatic nitrogens is 3. The van der Waals surface area contributed by atoms with Crippen LogP contribution < -0.4 is 19.9 Å². The molecule has 9 nitrogen and oxygen atoms in total. The van der Waals surface area contributed by atoms with Crippen molar-refractivity contribution in [3.63, 3.8) is 0 Å². The first-order valence-corrected chi connectivity index (χ1v) is 13.0. The molecule has 1 fully saturated rings. The minimum Gasteiger partial charge on any atom is -0.494 e. The van der Waals surface area contributed by atoms with Gasteiger partial charge in [0.2, 0.25) is 11.7 Å². The van der Waals surface area contributed by atoms with Crippen molar-refractivity contribution >= 4 is 16.8 Å². The summed E-state index contributed by atoms with van der Waals surface area (Å²) in [5.41, 5.74) is 7.39. The molecule has 1 amide bonds. The minimum absolute atomic E-state index is 0.0282. The zero-order valence-corrected chi connectivity index (χ0v) is 21.9. The Hall–Kier alpha value is -4.18. The smallest absolute Gasteiger partial charge is 0.246 e. The van der Waals surface area contributed by atoms with Gasteiger partial charge in [0.15, 0.2) is 17.2 Å². The lowest BCUT2D eigenvalue weighted by atomic mass is 9.95. The maximum absolute atomic E-state index is 14.6. The number of benzene rings is 1. The highest BCUT2D eigenvalue weighted by Crippen LogP contribution is 2.38. The van der Waals surface area contributed by atoms with E-state index in [2.05, 4.69) is 11.6 Å². The Balaban J connectivity index is 1.45. The Morgan fingerprint density at radius 1 is 1.28 bits per heavy atom. The standard InChI is InChI=1S/C29H32FN5O4/c1-3-26(36)34-14-5-6-20(18-34)35-29-22(16-32-17-25(29)38-15-13-31)28(33-35)19-9-11-21(12-10-19)39-24-8-4-7-23(37-2)27(24)30/h3-4,7-9,11-12,16-17,19-20H,1,5-6,10,13-15,18,31H2,2H3. The van der Waals surface area contributed by atoms with Crippen molar-refractivity contribution < 1.29 is 23.4 Å². The fourth-order valence-electron chi connectivity index (χ4n) is 5.11. The lowest BCUT2D eigenvalue weighted by molar-refractivity contribution is -0.127. The third kappa shape index (κ3) is 5.37. The number of methoxy groups -OCH3 is 1. The molecule has 10 heteroatoms. The van der Waals surface area contributed by atoms with Gasteiger partial charge in [-0.25, -0.2) is 0 Å². The number of rotatable bonds is 9. The van der Waals surface area contributed by atoms with E-state index in [0.717, 1.165) is 29.4 Å². The first-order valence-electron chi connectivity index (χ1n) is 13.0. The molecule has 0 saturated carbocycles. The normalized spacial score (nSPS) is 19.1. The first-order chi connectivity index (χ1) is 19.0. The average molecular weight is 534 g/mol. The van der Waals surface area contributed by atoms with Crippen molar-refractivity contribution in [2.24, 2.45) is 5.73 Å². The predicted molar refractivity (Wildman–Crippen MR) is 145 cm³/mol. The number of carbonyl (C=O) groups excluding carboxylic acids is 1. The zero-order chi connectivity index (χ0) is 27.4. The van der Waals surface area contributed by atoms with Gasteiger partial charge in [-0.3, -0.25) is 14.5 Å². The molecule has 1 aromatic carbocycles. The summed E-state index contributed by atoms with van der Waals surface area (Å²) in [4.78, 5) is 18.6. The maximum Gasteiger partial charge on any atom is 0.246 e. The van der Waals surface area contributed by atoms with E-state index in [0.29, 0.717) is 44.2 Å². The average Bonchev–Trinajstić information content (AvgIpc) is 3.37. The molecule has 2 atom stereocenters. The highest BCUT2D eigenvalue weighted by Gasteiger charge is 2.29. The van der Waals surface area contributed by atoms with Gasteiger partial charge < -0.3 is 24.8 Å². The van der Waals surface area contributed by atoms with Gasteiger partial charge in [-0.1, -0.05) is 18.7 Å². The zero-order valence-electron chi connectivity index (χ0n) is 21.9. The molecule has 5 rings (SSSR count). The number of piperidine rings is 1. The number of fused-ring (bicyclic) bond motifs is 1. The summed E-state index contributed by atoms with van der Waals surface area (Å²) < 4.78 is 33.4. The van der Waals surface area contributed by atoms with Crippen LogP contribution in [0.3, 0.4) is 0 Å². The fraction of sp³-hybridized carbons (Fsp3) is 0.345. The highest BCUT2D eigenvalue weighted by atomic mass is 19.1. The van der Waals surface area contributed by atoms with Crippen LogP contribution in [0.5, 0.6) is 17.2 Å². The number of hydrogen-bond donors (Lipinski definition) is 1. The van der Waals surface area contributed by atoms with Crippen LogP contribution in [-0.2, 0) is 4.79 Å². The number of nitrogens with zero attached hydrogens (tertiary/aromatic N) is 4. The number of ether oxygens (including phenoxy) is 3. The maximum atomic E-state index is 14.6. The van der Waals surface area contributed by atoms with Gasteiger partial charge >= 0.3 is 0 Å². The summed E-state index contributed by atoms with van der Waals surface area (Å²) in [5.74, 6) is 0.679. The third-order valence-corrected chi connectivity index (χ3v) is 7.00. The number of likely N-dealkylation sites (tertiary alicyclic amines) is 1. The van der Waals surface area contributed by atoms with Crippen molar-refractivity contribution in [1.82, 2.24) is 19.7 Å². The van der Waals surface area contributed by atoms with Crippen molar-refractivity contribution in [2.75, 3.05) is 33.4 Å². The molecular formula is C29H32FN5O4. The number of nitrogens with two attached hydrogens (primary N) is 1. The molecule has 1 aliphatic heterocycles. The second-order valence-electron chi connectivity index (χ2n) is 9.47. The monoisotopic (exact) mass is 533 g/mol. The van der Waals surface area contributed by atoms with Crippen LogP contribution in [0.2, 0.25) is 0 Å². The van der Waals surface area contributed by atoms with Crippen molar-refractivity contribution in [1.29, 1.82) is 0 Å². The Morgan fingerprint density at radius 2 is 2.13 bits per heavy atom. The summed E-state index contributed by atoms with van der Waals surface area (Å²) >= 11 is 0. The molecule has 3 aromatic rings. The van der Waals surface area contributed by atoms with E-state index in [9.17, 15) is 9.18 Å². The third-order valence-electron chi connectivity index (χ3n) is 7.00. The molecule has 3 heterocycles. The molecule has 2 aliphatic rings. The van der Waals surface area contributed by atoms with Gasteiger partial charge in [0.25, 0.3) is 0 Å². The SMILES string of the molecule is C=CC(=O)N1CCCC(n2nc(C3C=CC(Oc4cccc(OC)c4F)=CC3)c3cncc(OCCN)c32)C1. The van der Waals surface area contributed by atoms with Gasteiger partial charge in [-0.15, -0.1) is 0 Å². The second kappa shape index (κ2) is 11.7. The van der Waals surface area contributed by atoms with Crippen LogP contribution in [0.25, 0.3) is 10.9 Å². The second-order valence-corrected chi connectivity index (χ2v) is 9.47. The van der Waals surface area contributed by atoms with Crippen molar-refractivity contribution in [2.45, 2.75) is 31.2 Å². The molecular weight excluding hydrogens is 501 g/mol. The summed E-state index contributed by atoms with van der Waals surface area (Å²) in [6.45, 7) is 5.58. The van der Waals surface area contributed by atoms with Gasteiger partial charge in [-0.05, 0) is 49.6 Å². The largest absolute Gasteiger partial charge is 0.494 e. The number of pyridine rings is 1. The summed E-state index contributed by atoms with van der Waals surface area (Å²) in [5, 5.41) is 5.95. The van der Waals surface area contributed by atoms with E-state index < -0.39 is 5.82 Å². The van der Waals surface area contributed by atoms with Gasteiger partial charge in [0.05, 0.1) is 25.0 Å². The summed E-state index contributed by atoms with van der Waals surface area (Å²) in [6.07, 6.45) is 12.9. The fourth-order valence-corrected chi connectivity index (χ4v) is 5.11. The van der Waals surface area contributed by atoms with E-state index >= 15 is 0 Å². The first kappa shape index (κ1) is 26.4. The lowest BCUT2D eigenvalue weighted by Gasteiger charge is -2.32. The Labute approximate surface area is 226 Å². The minimum atomic E-state index is -0.547. The van der Waals surface area contributed by atoms with Crippen molar-refractivity contribution in [3.05, 3.63) is 78.7 Å². The number of amides is 1. The number of halogens is 1. The Kier molecular flexibility index (Phi) is 7.92. The quantitative estimate of drug-likeness (QED) is 0.410. The summed E-state index contributed by atoms with van der Waals surface area (Å²) in [6, 6.07) is 4.76. The molecule has 1 aliphatic carbocycles. The Morgan fingerprint density at radius 3 is 2.87 bits per heavy atom. The van der Waals surface area contributed by atoms with Crippen LogP contribution in [0.4, 0.5) is 4.39 Å². The number of carbonyl (C=O) groups is 1. The topological polar surface area (TPSA) is 105 Å². The predicted octanol–water partition coefficient (Wildman–Crippen LogP) is 4.27. The van der Waals surface area contributed by atoms with E-state index in [4.69, 9.17) is 25.0 Å². The number of hydrogen-bond acceptors (Lipinski definition) is 7. The molecule has 0 radical (unpaired) electrons. The molecule has 0 bridgehead atoms. The molecule has 0 spiro atoms. The van der Waals surface area contributed by atoms with E-state index in [1.165, 1.54) is 13.2 Å². The van der Waals surface area contributed by atoms with Gasteiger partial charge in [0, 0.05) is 37.1 Å². The highest BCUT2D eigenvalue weighted by molar-refractivity contribution is 5.88. The molecule has 2 aromatic heterocycles. The van der Waals surface area contributed by atoms with Gasteiger partial charge in [0.1, 0.15) is 17.9 Å². The Bertz CT molecular complexity index is 1430. The van der Waals surface area contributed by atoms with Crippen LogP contribution >= 0.6 is 0 Å².